The molecule has 4 heteroatoms. The molecule has 0 fully saturated rings. The Kier molecular flexibility index (Phi) is 5.37. The van der Waals surface area contributed by atoms with Gasteiger partial charge in [0.15, 0.2) is 0 Å². The number of imidazole rings is 1. The molecular weight excluding hydrogens is 262 g/mol. The average Bonchev–Trinajstić information content (AvgIpc) is 2.84. The molecule has 0 saturated heterocycles. The number of rotatable bonds is 7. The summed E-state index contributed by atoms with van der Waals surface area (Å²) < 4.78 is 1.91. The smallest absolute Gasteiger partial charge is 0.270 e. The van der Waals surface area contributed by atoms with E-state index in [1.165, 1.54) is 19.3 Å². The van der Waals surface area contributed by atoms with Gasteiger partial charge in [-0.1, -0.05) is 39.2 Å². The third kappa shape index (κ3) is 3.63. The van der Waals surface area contributed by atoms with Crippen molar-refractivity contribution >= 4 is 11.6 Å². The van der Waals surface area contributed by atoms with E-state index in [-0.39, 0.29) is 5.91 Å². The monoisotopic (exact) mass is 287 g/mol. The fourth-order valence-electron chi connectivity index (χ4n) is 2.52. The van der Waals surface area contributed by atoms with E-state index in [1.807, 2.05) is 36.6 Å². The Balaban J connectivity index is 2.15. The molecule has 0 unspecified atom stereocenters. The van der Waals surface area contributed by atoms with Crippen LogP contribution in [0, 0.1) is 6.92 Å². The van der Waals surface area contributed by atoms with Crippen molar-refractivity contribution < 1.29 is 4.79 Å². The second-order valence-electron chi connectivity index (χ2n) is 5.51. The lowest BCUT2D eigenvalue weighted by atomic mass is 10.2. The summed E-state index contributed by atoms with van der Waals surface area (Å²) in [6.45, 7) is 6.98. The largest absolute Gasteiger partial charge is 0.351 e. The standard InChI is InChI=1S/C17H25N3O/c1-4-6-7-8-11-18-17(21)16-14(5-2)19-15-10-9-13(3)12-20(15)16/h9-10,12H,4-8,11H2,1-3H3,(H,18,21). The van der Waals surface area contributed by atoms with Crippen LogP contribution in [0.3, 0.4) is 0 Å². The van der Waals surface area contributed by atoms with Crippen LogP contribution in [0.2, 0.25) is 0 Å². The van der Waals surface area contributed by atoms with Gasteiger partial charge in [-0.3, -0.25) is 9.20 Å². The van der Waals surface area contributed by atoms with E-state index in [9.17, 15) is 4.79 Å². The topological polar surface area (TPSA) is 46.4 Å². The molecule has 21 heavy (non-hydrogen) atoms. The summed E-state index contributed by atoms with van der Waals surface area (Å²) in [6, 6.07) is 3.99. The van der Waals surface area contributed by atoms with Crippen LogP contribution in [-0.4, -0.2) is 21.8 Å². The first-order valence-corrected chi connectivity index (χ1v) is 7.93. The third-order valence-corrected chi connectivity index (χ3v) is 3.70. The highest BCUT2D eigenvalue weighted by molar-refractivity contribution is 5.94. The van der Waals surface area contributed by atoms with Crippen molar-refractivity contribution in [2.24, 2.45) is 0 Å². The molecule has 0 radical (unpaired) electrons. The van der Waals surface area contributed by atoms with Crippen molar-refractivity contribution in [1.29, 1.82) is 0 Å². The van der Waals surface area contributed by atoms with Gasteiger partial charge < -0.3 is 5.32 Å². The summed E-state index contributed by atoms with van der Waals surface area (Å²) in [5.74, 6) is -0.0125. The summed E-state index contributed by atoms with van der Waals surface area (Å²) in [7, 11) is 0. The zero-order valence-electron chi connectivity index (χ0n) is 13.3. The molecule has 0 saturated carbocycles. The molecule has 0 aliphatic heterocycles. The lowest BCUT2D eigenvalue weighted by Crippen LogP contribution is -2.26. The first-order valence-electron chi connectivity index (χ1n) is 7.93. The molecule has 0 aliphatic rings. The Morgan fingerprint density at radius 2 is 2.05 bits per heavy atom. The predicted molar refractivity (Wildman–Crippen MR) is 85.8 cm³/mol. The Morgan fingerprint density at radius 1 is 1.24 bits per heavy atom. The molecule has 2 heterocycles. The molecule has 0 bridgehead atoms. The summed E-state index contributed by atoms with van der Waals surface area (Å²) in [6.07, 6.45) is 7.39. The number of nitrogens with zero attached hydrogens (tertiary/aromatic N) is 2. The molecule has 1 N–H and O–H groups in total. The first kappa shape index (κ1) is 15.5. The fraction of sp³-hybridized carbons (Fsp3) is 0.529. The van der Waals surface area contributed by atoms with Gasteiger partial charge in [-0.25, -0.2) is 4.98 Å². The van der Waals surface area contributed by atoms with E-state index in [0.717, 1.165) is 36.3 Å². The number of carbonyl (C=O) groups excluding carboxylic acids is 1. The lowest BCUT2D eigenvalue weighted by molar-refractivity contribution is 0.0946. The average molecular weight is 287 g/mol. The van der Waals surface area contributed by atoms with Crippen molar-refractivity contribution in [3.05, 3.63) is 35.3 Å². The van der Waals surface area contributed by atoms with Gasteiger partial charge in [0.1, 0.15) is 11.3 Å². The van der Waals surface area contributed by atoms with Crippen LogP contribution in [0.15, 0.2) is 18.3 Å². The molecule has 2 rings (SSSR count). The molecule has 0 aromatic carbocycles. The number of unbranched alkanes of at least 4 members (excludes halogenated alkanes) is 3. The molecule has 114 valence electrons. The van der Waals surface area contributed by atoms with Crippen molar-refractivity contribution in [1.82, 2.24) is 14.7 Å². The number of hydrogen-bond donors (Lipinski definition) is 1. The molecule has 0 spiro atoms. The quantitative estimate of drug-likeness (QED) is 0.792. The zero-order valence-corrected chi connectivity index (χ0v) is 13.3. The van der Waals surface area contributed by atoms with Gasteiger partial charge in [-0.15, -0.1) is 0 Å². The molecule has 0 aliphatic carbocycles. The van der Waals surface area contributed by atoms with Crippen molar-refractivity contribution in [3.63, 3.8) is 0 Å². The number of aryl methyl sites for hydroxylation is 2. The molecule has 0 atom stereocenters. The fourth-order valence-corrected chi connectivity index (χ4v) is 2.52. The van der Waals surface area contributed by atoms with Crippen molar-refractivity contribution in [2.45, 2.75) is 52.9 Å². The maximum absolute atomic E-state index is 12.5. The van der Waals surface area contributed by atoms with Crippen LogP contribution < -0.4 is 5.32 Å². The van der Waals surface area contributed by atoms with Gasteiger partial charge in [-0.05, 0) is 31.4 Å². The summed E-state index contributed by atoms with van der Waals surface area (Å²) >= 11 is 0. The lowest BCUT2D eigenvalue weighted by Gasteiger charge is -2.07. The SMILES string of the molecule is CCCCCCNC(=O)c1c(CC)nc2ccc(C)cn12. The number of aromatic nitrogens is 2. The summed E-state index contributed by atoms with van der Waals surface area (Å²) in [5.41, 5.74) is 3.52. The second kappa shape index (κ2) is 7.25. The highest BCUT2D eigenvalue weighted by Crippen LogP contribution is 2.15. The van der Waals surface area contributed by atoms with E-state index in [1.54, 1.807) is 0 Å². The molecule has 2 aromatic heterocycles. The van der Waals surface area contributed by atoms with Crippen molar-refractivity contribution in [2.75, 3.05) is 6.54 Å². The maximum atomic E-state index is 12.5. The highest BCUT2D eigenvalue weighted by atomic mass is 16.1. The number of fused-ring (bicyclic) bond motifs is 1. The van der Waals surface area contributed by atoms with E-state index in [0.29, 0.717) is 5.69 Å². The van der Waals surface area contributed by atoms with Crippen LogP contribution in [-0.2, 0) is 6.42 Å². The Hall–Kier alpha value is -1.84. The van der Waals surface area contributed by atoms with Crippen LogP contribution in [0.4, 0.5) is 0 Å². The predicted octanol–water partition coefficient (Wildman–Crippen LogP) is 3.52. The number of carbonyl (C=O) groups is 1. The Morgan fingerprint density at radius 3 is 2.76 bits per heavy atom. The van der Waals surface area contributed by atoms with Gasteiger partial charge in [-0.2, -0.15) is 0 Å². The van der Waals surface area contributed by atoms with Crippen LogP contribution >= 0.6 is 0 Å². The van der Waals surface area contributed by atoms with Gasteiger partial charge in [0.05, 0.1) is 5.69 Å². The minimum Gasteiger partial charge on any atom is -0.351 e. The molecule has 2 aromatic rings. The van der Waals surface area contributed by atoms with Gasteiger partial charge in [0, 0.05) is 12.7 Å². The van der Waals surface area contributed by atoms with Crippen molar-refractivity contribution in [3.8, 4) is 0 Å². The number of amides is 1. The minimum absolute atomic E-state index is 0.0125. The second-order valence-corrected chi connectivity index (χ2v) is 5.51. The summed E-state index contributed by atoms with van der Waals surface area (Å²) in [5, 5.41) is 3.03. The highest BCUT2D eigenvalue weighted by Gasteiger charge is 2.17. The number of pyridine rings is 1. The number of hydrogen-bond acceptors (Lipinski definition) is 2. The third-order valence-electron chi connectivity index (χ3n) is 3.70. The van der Waals surface area contributed by atoms with Gasteiger partial charge in [0.25, 0.3) is 5.91 Å². The molecule has 1 amide bonds. The summed E-state index contributed by atoms with van der Waals surface area (Å²) in [4.78, 5) is 17.0. The number of nitrogens with one attached hydrogen (secondary N) is 1. The Labute approximate surface area is 126 Å². The van der Waals surface area contributed by atoms with E-state index in [2.05, 4.69) is 17.2 Å². The maximum Gasteiger partial charge on any atom is 0.270 e. The Bertz CT molecular complexity index is 616. The normalized spacial score (nSPS) is 11.0. The zero-order chi connectivity index (χ0) is 15.2. The van der Waals surface area contributed by atoms with E-state index < -0.39 is 0 Å². The minimum atomic E-state index is -0.0125. The van der Waals surface area contributed by atoms with Gasteiger partial charge >= 0.3 is 0 Å². The first-order chi connectivity index (χ1) is 10.2. The van der Waals surface area contributed by atoms with Gasteiger partial charge in [0.2, 0.25) is 0 Å². The van der Waals surface area contributed by atoms with Crippen LogP contribution in [0.5, 0.6) is 0 Å². The van der Waals surface area contributed by atoms with Crippen LogP contribution in [0.1, 0.15) is 61.3 Å². The molecule has 4 nitrogen and oxygen atoms in total. The van der Waals surface area contributed by atoms with E-state index in [4.69, 9.17) is 0 Å². The molecular formula is C17H25N3O. The van der Waals surface area contributed by atoms with E-state index >= 15 is 0 Å². The van der Waals surface area contributed by atoms with Crippen LogP contribution in [0.25, 0.3) is 5.65 Å².